The first-order valence-electron chi connectivity index (χ1n) is 11.5. The van der Waals surface area contributed by atoms with Gasteiger partial charge in [0.15, 0.2) is 0 Å². The zero-order valence-corrected chi connectivity index (χ0v) is 19.7. The van der Waals surface area contributed by atoms with Crippen molar-refractivity contribution in [2.45, 2.75) is 19.9 Å². The number of methoxy groups -OCH3 is 1. The predicted molar refractivity (Wildman–Crippen MR) is 135 cm³/mol. The lowest BCUT2D eigenvalue weighted by molar-refractivity contribution is 0.0730. The molecule has 0 radical (unpaired) electrons. The lowest BCUT2D eigenvalue weighted by Crippen LogP contribution is -2.35. The van der Waals surface area contributed by atoms with E-state index in [1.54, 1.807) is 31.4 Å². The molecule has 4 aromatic rings. The Morgan fingerprint density at radius 1 is 0.971 bits per heavy atom. The largest absolute Gasteiger partial charge is 0.497 e. The number of nitrogens with zero attached hydrogens (tertiary/aromatic N) is 1. The minimum absolute atomic E-state index is 0.0121. The maximum Gasteiger partial charge on any atom is 0.255 e. The smallest absolute Gasteiger partial charge is 0.255 e. The van der Waals surface area contributed by atoms with Crippen LogP contribution in [-0.2, 0) is 13.0 Å². The quantitative estimate of drug-likeness (QED) is 0.409. The number of amides is 2. The second-order valence-electron chi connectivity index (χ2n) is 8.61. The number of anilines is 1. The molecule has 0 unspecified atom stereocenters. The number of fused-ring (bicyclic) bond motifs is 1. The Morgan fingerprint density at radius 2 is 1.77 bits per heavy atom. The molecule has 6 nitrogen and oxygen atoms in total. The molecule has 0 fully saturated rings. The highest BCUT2D eigenvalue weighted by Crippen LogP contribution is 2.31. The molecular formula is C29H26N2O4. The van der Waals surface area contributed by atoms with Gasteiger partial charge in [0.2, 0.25) is 0 Å². The number of nitrogens with one attached hydrogen (secondary N) is 1. The van der Waals surface area contributed by atoms with E-state index in [4.69, 9.17) is 9.15 Å². The van der Waals surface area contributed by atoms with Gasteiger partial charge in [0, 0.05) is 47.5 Å². The van der Waals surface area contributed by atoms with Gasteiger partial charge in [-0.1, -0.05) is 30.3 Å². The third-order valence-electron chi connectivity index (χ3n) is 6.29. The van der Waals surface area contributed by atoms with Gasteiger partial charge in [-0.2, -0.15) is 0 Å². The van der Waals surface area contributed by atoms with Gasteiger partial charge < -0.3 is 19.4 Å². The van der Waals surface area contributed by atoms with Crippen molar-refractivity contribution in [1.82, 2.24) is 4.90 Å². The van der Waals surface area contributed by atoms with Gasteiger partial charge in [-0.25, -0.2) is 0 Å². The van der Waals surface area contributed by atoms with E-state index in [1.807, 2.05) is 66.4 Å². The number of hydrogen-bond donors (Lipinski definition) is 1. The van der Waals surface area contributed by atoms with Gasteiger partial charge in [-0.05, 0) is 61.0 Å². The summed E-state index contributed by atoms with van der Waals surface area (Å²) < 4.78 is 11.3. The summed E-state index contributed by atoms with van der Waals surface area (Å²) in [5.41, 5.74) is 4.77. The zero-order chi connectivity index (χ0) is 24.4. The van der Waals surface area contributed by atoms with Crippen molar-refractivity contribution in [3.05, 3.63) is 107 Å². The molecule has 1 aliphatic rings. The third-order valence-corrected chi connectivity index (χ3v) is 6.29. The van der Waals surface area contributed by atoms with Crippen LogP contribution in [0.2, 0.25) is 0 Å². The molecule has 0 atom stereocenters. The van der Waals surface area contributed by atoms with E-state index in [2.05, 4.69) is 5.32 Å². The van der Waals surface area contributed by atoms with E-state index in [-0.39, 0.29) is 11.8 Å². The van der Waals surface area contributed by atoms with E-state index < -0.39 is 0 Å². The Hall–Kier alpha value is -4.32. The molecule has 0 bridgehead atoms. The zero-order valence-electron chi connectivity index (χ0n) is 19.7. The highest BCUT2D eigenvalue weighted by Gasteiger charge is 2.25. The molecule has 0 spiro atoms. The summed E-state index contributed by atoms with van der Waals surface area (Å²) in [4.78, 5) is 27.5. The Morgan fingerprint density at radius 3 is 2.54 bits per heavy atom. The molecule has 0 saturated heterocycles. The average Bonchev–Trinajstić information content (AvgIpc) is 3.32. The highest BCUT2D eigenvalue weighted by atomic mass is 16.5. The fourth-order valence-corrected chi connectivity index (χ4v) is 4.34. The van der Waals surface area contributed by atoms with Crippen LogP contribution in [0.5, 0.6) is 5.75 Å². The lowest BCUT2D eigenvalue weighted by Gasteiger charge is -2.26. The monoisotopic (exact) mass is 466 g/mol. The molecule has 2 heterocycles. The summed E-state index contributed by atoms with van der Waals surface area (Å²) in [5.74, 6) is 2.18. The molecule has 5 rings (SSSR count). The molecule has 3 aromatic carbocycles. The molecular weight excluding hydrogens is 440 g/mol. The van der Waals surface area contributed by atoms with Gasteiger partial charge in [0.25, 0.3) is 11.8 Å². The van der Waals surface area contributed by atoms with Crippen LogP contribution in [0.15, 0.2) is 83.3 Å². The van der Waals surface area contributed by atoms with Crippen LogP contribution in [0.3, 0.4) is 0 Å². The number of carbonyl (C=O) groups excluding carboxylic acids is 2. The summed E-state index contributed by atoms with van der Waals surface area (Å²) in [7, 11) is 1.60. The maximum atomic E-state index is 13.0. The summed E-state index contributed by atoms with van der Waals surface area (Å²) in [6.07, 6.45) is 0.654. The van der Waals surface area contributed by atoms with Crippen LogP contribution < -0.4 is 10.1 Å². The van der Waals surface area contributed by atoms with Crippen molar-refractivity contribution < 1.29 is 18.7 Å². The van der Waals surface area contributed by atoms with E-state index in [1.165, 1.54) is 0 Å². The van der Waals surface area contributed by atoms with Crippen molar-refractivity contribution in [3.63, 3.8) is 0 Å². The first-order valence-corrected chi connectivity index (χ1v) is 11.5. The normalized spacial score (nSPS) is 12.7. The molecule has 0 aliphatic carbocycles. The van der Waals surface area contributed by atoms with Crippen LogP contribution in [0.25, 0.3) is 11.3 Å². The van der Waals surface area contributed by atoms with Crippen molar-refractivity contribution in [2.24, 2.45) is 0 Å². The Bertz CT molecular complexity index is 1390. The number of carbonyl (C=O) groups is 2. The molecule has 176 valence electrons. The molecule has 1 aliphatic heterocycles. The molecule has 1 aromatic heterocycles. The van der Waals surface area contributed by atoms with E-state index in [9.17, 15) is 9.59 Å². The standard InChI is InChI=1S/C29H26N2O4/c1-19-6-3-4-9-25(19)28(32)30-23-8-5-7-21(16-23)27-17-22-18-31(15-14-26(22)35-27)29(33)20-10-12-24(34-2)13-11-20/h3-13,16-17H,14-15,18H2,1-2H3,(H,30,32). The number of hydrogen-bond acceptors (Lipinski definition) is 4. The number of aryl methyl sites for hydroxylation is 1. The van der Waals surface area contributed by atoms with E-state index >= 15 is 0 Å². The number of rotatable bonds is 5. The van der Waals surface area contributed by atoms with Crippen LogP contribution >= 0.6 is 0 Å². The van der Waals surface area contributed by atoms with Gasteiger partial charge in [0.05, 0.1) is 7.11 Å². The van der Waals surface area contributed by atoms with Gasteiger partial charge in [-0.15, -0.1) is 0 Å². The molecule has 2 amide bonds. The minimum Gasteiger partial charge on any atom is -0.497 e. The first-order chi connectivity index (χ1) is 17.0. The fraction of sp³-hybridized carbons (Fsp3) is 0.172. The first kappa shape index (κ1) is 22.5. The van der Waals surface area contributed by atoms with Crippen molar-refractivity contribution in [1.29, 1.82) is 0 Å². The molecule has 0 saturated carbocycles. The SMILES string of the molecule is COc1ccc(C(=O)N2CCc3oc(-c4cccc(NC(=O)c5ccccc5C)c4)cc3C2)cc1. The van der Waals surface area contributed by atoms with Gasteiger partial charge >= 0.3 is 0 Å². The minimum atomic E-state index is -0.147. The Kier molecular flexibility index (Phi) is 6.10. The number of benzene rings is 3. The molecule has 6 heteroatoms. The summed E-state index contributed by atoms with van der Waals surface area (Å²) in [6, 6.07) is 24.3. The number of ether oxygens (including phenoxy) is 1. The van der Waals surface area contributed by atoms with Gasteiger partial charge in [-0.3, -0.25) is 9.59 Å². The lowest BCUT2D eigenvalue weighted by atomic mass is 10.1. The van der Waals surface area contributed by atoms with Crippen LogP contribution in [0.4, 0.5) is 5.69 Å². The van der Waals surface area contributed by atoms with E-state index in [0.717, 1.165) is 34.0 Å². The Balaban J connectivity index is 1.32. The van der Waals surface area contributed by atoms with Crippen molar-refractivity contribution in [3.8, 4) is 17.1 Å². The van der Waals surface area contributed by atoms with Crippen LogP contribution in [0.1, 0.15) is 37.6 Å². The Labute approximate surface area is 204 Å². The second kappa shape index (κ2) is 9.50. The highest BCUT2D eigenvalue weighted by molar-refractivity contribution is 6.05. The maximum absolute atomic E-state index is 13.0. The van der Waals surface area contributed by atoms with Crippen molar-refractivity contribution in [2.75, 3.05) is 19.0 Å². The third kappa shape index (κ3) is 4.68. The molecule has 1 N–H and O–H groups in total. The van der Waals surface area contributed by atoms with E-state index in [0.29, 0.717) is 36.3 Å². The summed E-state index contributed by atoms with van der Waals surface area (Å²) in [5, 5.41) is 2.98. The predicted octanol–water partition coefficient (Wildman–Crippen LogP) is 5.71. The summed E-state index contributed by atoms with van der Waals surface area (Å²) in [6.45, 7) is 3.01. The topological polar surface area (TPSA) is 71.8 Å². The van der Waals surface area contributed by atoms with Crippen molar-refractivity contribution >= 4 is 17.5 Å². The average molecular weight is 467 g/mol. The molecule has 35 heavy (non-hydrogen) atoms. The fourth-order valence-electron chi connectivity index (χ4n) is 4.34. The van der Waals surface area contributed by atoms with Crippen LogP contribution in [0, 0.1) is 6.92 Å². The van der Waals surface area contributed by atoms with Crippen LogP contribution in [-0.4, -0.2) is 30.4 Å². The number of furan rings is 1. The second-order valence-corrected chi connectivity index (χ2v) is 8.61. The summed E-state index contributed by atoms with van der Waals surface area (Å²) >= 11 is 0. The van der Waals surface area contributed by atoms with Gasteiger partial charge in [0.1, 0.15) is 17.3 Å².